The lowest BCUT2D eigenvalue weighted by atomic mass is 9.67. The van der Waals surface area contributed by atoms with Crippen LogP contribution in [0.2, 0.25) is 0 Å². The highest BCUT2D eigenvalue weighted by Crippen LogP contribution is 2.69. The van der Waals surface area contributed by atoms with Crippen molar-refractivity contribution < 1.29 is 24.2 Å². The number of aliphatic hydroxyl groups is 1. The second-order valence-corrected chi connectivity index (χ2v) is 13.0. The van der Waals surface area contributed by atoms with Gasteiger partial charge in [0.1, 0.15) is 5.57 Å². The Bertz CT molecular complexity index is 1170. The quantitative estimate of drug-likeness (QED) is 0.0949. The zero-order valence-electron chi connectivity index (χ0n) is 24.0. The standard InChI is InChI=1S/C32H45NO5/c1-8-9-10-11-22-25(29(37)38-32(33)17-20-14-15-31(32,7)30(20,5)6)27(35)24(28(36)26(22)34)23-16-19(4)12-13-21(23)18(2)3/h16,20-21,23,36H,2,8-15,17,33H2,1,3-7H3/t20?,21-,23+,31?,32?/m0/s1. The largest absolute Gasteiger partial charge is 0.504 e. The van der Waals surface area contributed by atoms with Gasteiger partial charge < -0.3 is 9.84 Å². The molecule has 2 fully saturated rings. The van der Waals surface area contributed by atoms with Crippen LogP contribution in [0.3, 0.4) is 0 Å². The number of esters is 1. The Labute approximate surface area is 227 Å². The van der Waals surface area contributed by atoms with Crippen molar-refractivity contribution in [1.29, 1.82) is 0 Å². The first-order valence-corrected chi connectivity index (χ1v) is 14.3. The van der Waals surface area contributed by atoms with Gasteiger partial charge in [-0.25, -0.2) is 4.79 Å². The number of rotatable bonds is 8. The number of unbranched alkanes of at least 4 members (excludes halogenated alkanes) is 2. The van der Waals surface area contributed by atoms with Gasteiger partial charge in [0.25, 0.3) is 0 Å². The second-order valence-electron chi connectivity index (χ2n) is 13.0. The summed E-state index contributed by atoms with van der Waals surface area (Å²) >= 11 is 0. The molecule has 5 atom stereocenters. The van der Waals surface area contributed by atoms with E-state index in [1.807, 2.05) is 26.8 Å². The van der Waals surface area contributed by atoms with Crippen LogP contribution in [0, 0.1) is 28.6 Å². The molecule has 0 aromatic rings. The molecule has 6 heteroatoms. The highest BCUT2D eigenvalue weighted by molar-refractivity contribution is 6.34. The molecule has 4 aliphatic carbocycles. The third-order valence-corrected chi connectivity index (χ3v) is 10.7. The Hall–Kier alpha value is -2.47. The van der Waals surface area contributed by atoms with E-state index < -0.39 is 40.4 Å². The van der Waals surface area contributed by atoms with Crippen molar-refractivity contribution in [2.24, 2.45) is 34.3 Å². The van der Waals surface area contributed by atoms with Crippen molar-refractivity contribution in [3.8, 4) is 0 Å². The number of allylic oxidation sites excluding steroid dienone is 5. The number of ketones is 2. The van der Waals surface area contributed by atoms with Gasteiger partial charge in [-0.3, -0.25) is 15.3 Å². The van der Waals surface area contributed by atoms with Gasteiger partial charge in [0.05, 0.1) is 5.57 Å². The summed E-state index contributed by atoms with van der Waals surface area (Å²) in [6.07, 6.45) is 8.54. The summed E-state index contributed by atoms with van der Waals surface area (Å²) in [4.78, 5) is 41.7. The Kier molecular flexibility index (Phi) is 7.46. The zero-order valence-corrected chi connectivity index (χ0v) is 24.0. The number of hydrogen-bond donors (Lipinski definition) is 2. The lowest BCUT2D eigenvalue weighted by molar-refractivity contribution is -0.173. The van der Waals surface area contributed by atoms with Crippen molar-refractivity contribution in [3.63, 3.8) is 0 Å². The fraction of sp³-hybridized carbons (Fsp3) is 0.656. The predicted molar refractivity (Wildman–Crippen MR) is 148 cm³/mol. The molecule has 208 valence electrons. The fourth-order valence-electron chi connectivity index (χ4n) is 7.65. The van der Waals surface area contributed by atoms with E-state index in [2.05, 4.69) is 27.4 Å². The number of aliphatic hydroxyl groups excluding tert-OH is 1. The summed E-state index contributed by atoms with van der Waals surface area (Å²) < 4.78 is 6.10. The molecule has 0 aromatic carbocycles. The molecule has 6 nitrogen and oxygen atoms in total. The van der Waals surface area contributed by atoms with Crippen LogP contribution in [0.15, 0.2) is 46.3 Å². The molecule has 38 heavy (non-hydrogen) atoms. The molecule has 0 spiro atoms. The van der Waals surface area contributed by atoms with Crippen molar-refractivity contribution in [1.82, 2.24) is 0 Å². The zero-order chi connectivity index (χ0) is 28.2. The summed E-state index contributed by atoms with van der Waals surface area (Å²) in [5.74, 6) is -2.97. The van der Waals surface area contributed by atoms with E-state index in [1.165, 1.54) is 0 Å². The molecular formula is C32H45NO5. The van der Waals surface area contributed by atoms with Gasteiger partial charge in [0.15, 0.2) is 11.5 Å². The molecule has 0 heterocycles. The molecule has 2 saturated carbocycles. The number of carbonyl (C=O) groups excluding carboxylic acids is 3. The fourth-order valence-corrected chi connectivity index (χ4v) is 7.65. The van der Waals surface area contributed by atoms with Gasteiger partial charge in [-0.15, -0.1) is 0 Å². The number of nitrogens with two attached hydrogens (primary N) is 1. The minimum absolute atomic E-state index is 0.0150. The Morgan fingerprint density at radius 2 is 1.87 bits per heavy atom. The van der Waals surface area contributed by atoms with Gasteiger partial charge in [-0.05, 0) is 69.6 Å². The molecule has 4 aliphatic rings. The normalized spacial score (nSPS) is 34.6. The molecule has 4 rings (SSSR count). The summed E-state index contributed by atoms with van der Waals surface area (Å²) in [5, 5.41) is 11.1. The first-order valence-electron chi connectivity index (χ1n) is 14.3. The minimum Gasteiger partial charge on any atom is -0.504 e. The monoisotopic (exact) mass is 523 g/mol. The molecule has 3 unspecified atom stereocenters. The summed E-state index contributed by atoms with van der Waals surface area (Å²) in [6.45, 7) is 16.4. The van der Waals surface area contributed by atoms with Gasteiger partial charge >= 0.3 is 5.97 Å². The third-order valence-electron chi connectivity index (χ3n) is 10.7. The second kappa shape index (κ2) is 9.93. The van der Waals surface area contributed by atoms with Crippen LogP contribution in [0.1, 0.15) is 99.3 Å². The van der Waals surface area contributed by atoms with E-state index in [9.17, 15) is 19.5 Å². The highest BCUT2D eigenvalue weighted by atomic mass is 16.6. The maximum absolute atomic E-state index is 14.2. The molecule has 0 saturated heterocycles. The Balaban J connectivity index is 1.76. The Morgan fingerprint density at radius 1 is 1.18 bits per heavy atom. The lowest BCUT2D eigenvalue weighted by Crippen LogP contribution is -2.57. The Morgan fingerprint density at radius 3 is 2.42 bits per heavy atom. The van der Waals surface area contributed by atoms with Gasteiger partial charge in [0, 0.05) is 23.3 Å². The topological polar surface area (TPSA) is 107 Å². The number of Topliss-reactive ketones (excluding diaryl/α,β-unsaturated/α-hetero) is 2. The van der Waals surface area contributed by atoms with Crippen LogP contribution < -0.4 is 5.73 Å². The number of hydrogen-bond acceptors (Lipinski definition) is 6. The van der Waals surface area contributed by atoms with Gasteiger partial charge in [-0.2, -0.15) is 0 Å². The minimum atomic E-state index is -1.23. The maximum atomic E-state index is 14.2. The first-order chi connectivity index (χ1) is 17.7. The number of carbonyl (C=O) groups is 3. The maximum Gasteiger partial charge on any atom is 0.344 e. The van der Waals surface area contributed by atoms with E-state index in [4.69, 9.17) is 10.5 Å². The smallest absolute Gasteiger partial charge is 0.344 e. The first kappa shape index (κ1) is 28.5. The van der Waals surface area contributed by atoms with Gasteiger partial charge in [0.2, 0.25) is 11.6 Å². The summed E-state index contributed by atoms with van der Waals surface area (Å²) in [7, 11) is 0. The van der Waals surface area contributed by atoms with Gasteiger partial charge in [-0.1, -0.05) is 64.3 Å². The molecule has 3 N–H and O–H groups in total. The molecule has 0 radical (unpaired) electrons. The molecule has 0 amide bonds. The SMILES string of the molecule is C=C(C)[C@@H]1CCC(C)=C[C@H]1C1=C(O)C(=O)C(CCCCC)=C(C(=O)OC2(N)CC3CCC2(C)C3(C)C)C1=O. The van der Waals surface area contributed by atoms with Crippen LogP contribution in [-0.2, 0) is 19.1 Å². The van der Waals surface area contributed by atoms with Crippen molar-refractivity contribution in [2.75, 3.05) is 0 Å². The highest BCUT2D eigenvalue weighted by Gasteiger charge is 2.69. The number of ether oxygens (including phenoxy) is 1. The predicted octanol–water partition coefficient (Wildman–Crippen LogP) is 6.42. The average Bonchev–Trinajstić information content (AvgIpc) is 3.14. The summed E-state index contributed by atoms with van der Waals surface area (Å²) in [5.41, 5.74) is 6.80. The van der Waals surface area contributed by atoms with Crippen LogP contribution in [0.4, 0.5) is 0 Å². The van der Waals surface area contributed by atoms with E-state index >= 15 is 0 Å². The van der Waals surface area contributed by atoms with Crippen LogP contribution in [0.25, 0.3) is 0 Å². The van der Waals surface area contributed by atoms with Crippen molar-refractivity contribution in [2.45, 2.75) is 105 Å². The van der Waals surface area contributed by atoms with E-state index in [-0.39, 0.29) is 34.5 Å². The molecule has 0 aromatic heterocycles. The van der Waals surface area contributed by atoms with Crippen molar-refractivity contribution in [3.05, 3.63) is 46.3 Å². The molecule has 2 bridgehead atoms. The van der Waals surface area contributed by atoms with E-state index in [0.717, 1.165) is 49.7 Å². The summed E-state index contributed by atoms with van der Waals surface area (Å²) in [6, 6.07) is 0. The van der Waals surface area contributed by atoms with Crippen LogP contribution >= 0.6 is 0 Å². The van der Waals surface area contributed by atoms with Crippen LogP contribution in [-0.4, -0.2) is 28.4 Å². The van der Waals surface area contributed by atoms with E-state index in [0.29, 0.717) is 18.8 Å². The van der Waals surface area contributed by atoms with Crippen molar-refractivity contribution >= 4 is 17.5 Å². The molecule has 0 aliphatic heterocycles. The molecular weight excluding hydrogens is 478 g/mol. The average molecular weight is 524 g/mol. The number of fused-ring (bicyclic) bond motifs is 2. The van der Waals surface area contributed by atoms with E-state index in [1.54, 1.807) is 0 Å². The third kappa shape index (κ3) is 4.24. The van der Waals surface area contributed by atoms with Crippen LogP contribution in [0.5, 0.6) is 0 Å². The lowest BCUT2D eigenvalue weighted by Gasteiger charge is -2.45.